The summed E-state index contributed by atoms with van der Waals surface area (Å²) in [6.07, 6.45) is 16.6. The Labute approximate surface area is 350 Å². The zero-order chi connectivity index (χ0) is 43.4. The summed E-state index contributed by atoms with van der Waals surface area (Å²) >= 11 is 0. The number of nitrogens with one attached hydrogen (secondary N) is 4. The molecule has 1 rings (SSSR count). The highest BCUT2D eigenvalue weighted by Gasteiger charge is 2.29. The van der Waals surface area contributed by atoms with Gasteiger partial charge in [0.25, 0.3) is 0 Å². The van der Waals surface area contributed by atoms with Gasteiger partial charge in [-0.05, 0) is 57.8 Å². The molecule has 17 nitrogen and oxygen atoms in total. The Morgan fingerprint density at radius 2 is 1.02 bits per heavy atom. The van der Waals surface area contributed by atoms with Gasteiger partial charge in [-0.15, -0.1) is 0 Å². The molecule has 340 valence electrons. The molecule has 4 amide bonds. The quantitative estimate of drug-likeness (QED) is 0.0485. The number of Topliss-reactive ketones (excluding diaryl/α,β-unsaturated/α-hetero) is 1. The second-order valence-electron chi connectivity index (χ2n) is 15.3. The summed E-state index contributed by atoms with van der Waals surface area (Å²) in [6, 6.07) is -1.18. The second-order valence-corrected chi connectivity index (χ2v) is 15.3. The van der Waals surface area contributed by atoms with Gasteiger partial charge in [0, 0.05) is 44.8 Å². The number of unbranched alkanes of at least 4 members (excludes halogenated alkanes) is 11. The van der Waals surface area contributed by atoms with Crippen LogP contribution in [-0.2, 0) is 52.5 Å². The number of carbonyl (C=O) groups excluding carboxylic acids is 5. The third kappa shape index (κ3) is 32.8. The van der Waals surface area contributed by atoms with Gasteiger partial charge >= 0.3 is 11.9 Å². The molecule has 6 N–H and O–H groups in total. The fraction of sp³-hybridized carbons (Fsp3) is 0.833. The van der Waals surface area contributed by atoms with Crippen LogP contribution in [0.2, 0.25) is 0 Å². The standard InChI is InChI=1S/C42H74N4O13/c1-33(47)31-58-28-26-57-25-23-44-39(50)32-59-29-27-56-24-22-43-38(49)21-20-36(42(54)55)46-41(53)35-18-16-34(17-19-35)30-45-37(48)14-12-10-8-6-4-2-3-5-7-9-11-13-15-40(51)52/h34-36H,2-32H2,1H3,(H,43,49)(H,44,50)(H,45,48)(H,46,53)(H,51,52)(H,54,55)/t34-,35-,36?. The monoisotopic (exact) mass is 843 g/mol. The van der Waals surface area contributed by atoms with Gasteiger partial charge in [0.15, 0.2) is 5.78 Å². The van der Waals surface area contributed by atoms with Gasteiger partial charge in [-0.2, -0.15) is 0 Å². The van der Waals surface area contributed by atoms with Crippen LogP contribution in [0.1, 0.15) is 135 Å². The molecule has 0 aromatic rings. The summed E-state index contributed by atoms with van der Waals surface area (Å²) in [6.45, 7) is 3.94. The number of carbonyl (C=O) groups is 7. The highest BCUT2D eigenvalue weighted by Crippen LogP contribution is 2.29. The lowest BCUT2D eigenvalue weighted by Crippen LogP contribution is -2.45. The van der Waals surface area contributed by atoms with E-state index < -0.39 is 18.0 Å². The molecule has 1 fully saturated rings. The minimum Gasteiger partial charge on any atom is -0.481 e. The molecule has 0 aromatic heterocycles. The maximum Gasteiger partial charge on any atom is 0.326 e. The molecule has 0 radical (unpaired) electrons. The van der Waals surface area contributed by atoms with E-state index in [9.17, 15) is 38.7 Å². The summed E-state index contributed by atoms with van der Waals surface area (Å²) in [5.74, 6) is -2.92. The van der Waals surface area contributed by atoms with Crippen LogP contribution in [0.15, 0.2) is 0 Å². The Bertz CT molecular complexity index is 1200. The first kappa shape index (κ1) is 53.3. The third-order valence-electron chi connectivity index (χ3n) is 10.0. The highest BCUT2D eigenvalue weighted by atomic mass is 16.5. The predicted molar refractivity (Wildman–Crippen MR) is 220 cm³/mol. The molecule has 0 aromatic carbocycles. The highest BCUT2D eigenvalue weighted by molar-refractivity contribution is 5.85. The van der Waals surface area contributed by atoms with Crippen molar-refractivity contribution in [2.75, 3.05) is 72.5 Å². The van der Waals surface area contributed by atoms with Crippen LogP contribution >= 0.6 is 0 Å². The molecule has 1 saturated carbocycles. The number of ketones is 1. The van der Waals surface area contributed by atoms with E-state index in [0.29, 0.717) is 52.2 Å². The van der Waals surface area contributed by atoms with Gasteiger partial charge in [0.05, 0.1) is 39.6 Å². The first-order valence-corrected chi connectivity index (χ1v) is 21.8. The van der Waals surface area contributed by atoms with Crippen LogP contribution < -0.4 is 21.3 Å². The lowest BCUT2D eigenvalue weighted by molar-refractivity contribution is -0.143. The molecule has 0 aliphatic heterocycles. The lowest BCUT2D eigenvalue weighted by atomic mass is 9.81. The van der Waals surface area contributed by atoms with Gasteiger partial charge in [0.2, 0.25) is 23.6 Å². The van der Waals surface area contributed by atoms with Crippen molar-refractivity contribution in [2.45, 2.75) is 141 Å². The van der Waals surface area contributed by atoms with Crippen LogP contribution in [0.25, 0.3) is 0 Å². The van der Waals surface area contributed by atoms with Crippen LogP contribution in [0.5, 0.6) is 0 Å². The molecular formula is C42H74N4O13. The molecular weight excluding hydrogens is 768 g/mol. The van der Waals surface area contributed by atoms with Crippen LogP contribution in [0.3, 0.4) is 0 Å². The normalized spacial score (nSPS) is 15.5. The van der Waals surface area contributed by atoms with E-state index in [-0.39, 0.29) is 100 Å². The van der Waals surface area contributed by atoms with Crippen molar-refractivity contribution in [1.29, 1.82) is 0 Å². The molecule has 1 aliphatic carbocycles. The molecule has 0 saturated heterocycles. The largest absolute Gasteiger partial charge is 0.481 e. The zero-order valence-corrected chi connectivity index (χ0v) is 35.5. The Kier molecular flexibility index (Phi) is 32.7. The van der Waals surface area contributed by atoms with Crippen molar-refractivity contribution in [3.63, 3.8) is 0 Å². The van der Waals surface area contributed by atoms with Gasteiger partial charge in [0.1, 0.15) is 19.3 Å². The van der Waals surface area contributed by atoms with E-state index in [1.807, 2.05) is 0 Å². The Morgan fingerprint density at radius 1 is 0.542 bits per heavy atom. The van der Waals surface area contributed by atoms with Gasteiger partial charge in [-0.25, -0.2) is 4.79 Å². The van der Waals surface area contributed by atoms with E-state index >= 15 is 0 Å². The number of hydrogen-bond acceptors (Lipinski definition) is 11. The first-order valence-electron chi connectivity index (χ1n) is 21.8. The van der Waals surface area contributed by atoms with Crippen molar-refractivity contribution in [1.82, 2.24) is 21.3 Å². The van der Waals surface area contributed by atoms with Gasteiger partial charge in [-0.1, -0.05) is 64.2 Å². The van der Waals surface area contributed by atoms with Gasteiger partial charge in [-0.3, -0.25) is 28.8 Å². The molecule has 1 unspecified atom stereocenters. The maximum atomic E-state index is 12.9. The van der Waals surface area contributed by atoms with E-state index in [0.717, 1.165) is 51.4 Å². The van der Waals surface area contributed by atoms with Crippen LogP contribution in [0, 0.1) is 11.8 Å². The van der Waals surface area contributed by atoms with E-state index in [1.165, 1.54) is 45.4 Å². The number of rotatable bonds is 39. The smallest absolute Gasteiger partial charge is 0.326 e. The Balaban J connectivity index is 2.03. The number of carboxylic acids is 2. The van der Waals surface area contributed by atoms with Crippen molar-refractivity contribution in [3.05, 3.63) is 0 Å². The first-order chi connectivity index (χ1) is 28.5. The second kappa shape index (κ2) is 36.2. The van der Waals surface area contributed by atoms with Crippen molar-refractivity contribution >= 4 is 41.4 Å². The molecule has 0 heterocycles. The van der Waals surface area contributed by atoms with Crippen molar-refractivity contribution in [3.8, 4) is 0 Å². The SMILES string of the molecule is CC(=O)COCCOCCNC(=O)COCCOCCNC(=O)CCC(NC(=O)[C@H]1CC[C@H](CNC(=O)CCCCCCCCCCCCCCC(=O)O)CC1)C(=O)O. The van der Waals surface area contributed by atoms with E-state index in [1.54, 1.807) is 0 Å². The summed E-state index contributed by atoms with van der Waals surface area (Å²) < 4.78 is 21.0. The summed E-state index contributed by atoms with van der Waals surface area (Å²) in [7, 11) is 0. The van der Waals surface area contributed by atoms with Crippen molar-refractivity contribution < 1.29 is 62.7 Å². The van der Waals surface area contributed by atoms with E-state index in [2.05, 4.69) is 21.3 Å². The minimum absolute atomic E-state index is 0.0490. The number of carboxylic acid groups (broad SMARTS) is 2. The summed E-state index contributed by atoms with van der Waals surface area (Å²) in [5, 5.41) is 29.3. The molecule has 1 atom stereocenters. The Hall–Kier alpha value is -3.67. The summed E-state index contributed by atoms with van der Waals surface area (Å²) in [4.78, 5) is 82.5. The average molecular weight is 843 g/mol. The number of ether oxygens (including phenoxy) is 4. The van der Waals surface area contributed by atoms with Crippen LogP contribution in [-0.4, -0.2) is 130 Å². The third-order valence-corrected chi connectivity index (χ3v) is 10.0. The minimum atomic E-state index is -1.20. The van der Waals surface area contributed by atoms with Crippen molar-refractivity contribution in [2.24, 2.45) is 11.8 Å². The molecule has 1 aliphatic rings. The maximum absolute atomic E-state index is 12.9. The van der Waals surface area contributed by atoms with Gasteiger partial charge < -0.3 is 50.4 Å². The number of amides is 4. The lowest BCUT2D eigenvalue weighted by Gasteiger charge is -2.28. The Morgan fingerprint density at radius 3 is 1.54 bits per heavy atom. The fourth-order valence-electron chi connectivity index (χ4n) is 6.61. The molecule has 0 bridgehead atoms. The van der Waals surface area contributed by atoms with E-state index in [4.69, 9.17) is 24.1 Å². The predicted octanol–water partition coefficient (Wildman–Crippen LogP) is 3.69. The molecule has 59 heavy (non-hydrogen) atoms. The zero-order valence-electron chi connectivity index (χ0n) is 35.5. The number of hydrogen-bond donors (Lipinski definition) is 6. The number of aliphatic carboxylic acids is 2. The average Bonchev–Trinajstić information content (AvgIpc) is 3.20. The molecule has 17 heteroatoms. The van der Waals surface area contributed by atoms with Crippen LogP contribution in [0.4, 0.5) is 0 Å². The summed E-state index contributed by atoms with van der Waals surface area (Å²) in [5.41, 5.74) is 0. The fourth-order valence-corrected chi connectivity index (χ4v) is 6.61. The molecule has 0 spiro atoms. The topological polar surface area (TPSA) is 245 Å².